The molecule has 0 spiro atoms. The summed E-state index contributed by atoms with van der Waals surface area (Å²) in [6, 6.07) is 7.12. The predicted octanol–water partition coefficient (Wildman–Crippen LogP) is 5.21. The first-order valence-corrected chi connectivity index (χ1v) is 8.71. The molecule has 0 radical (unpaired) electrons. The molecule has 0 heterocycles. The summed E-state index contributed by atoms with van der Waals surface area (Å²) in [5.41, 5.74) is 4.91. The molecule has 2 unspecified atom stereocenters. The minimum atomic E-state index is 0.491. The zero-order chi connectivity index (χ0) is 15.5. The Morgan fingerprint density at radius 2 is 1.95 bits per heavy atom. The third-order valence-electron chi connectivity index (χ3n) is 5.33. The topological polar surface area (TPSA) is 12.0 Å². The normalized spacial score (nSPS) is 25.0. The van der Waals surface area contributed by atoms with Crippen LogP contribution in [0.1, 0.15) is 69.1 Å². The van der Waals surface area contributed by atoms with Crippen LogP contribution in [-0.2, 0) is 0 Å². The SMILES string of the molecule is CCCNCC1CCC(C)(C)CC1c1ccc(C)c(C)c1. The molecule has 0 aliphatic heterocycles. The molecule has 2 rings (SSSR count). The second-order valence-corrected chi connectivity index (χ2v) is 7.82. The van der Waals surface area contributed by atoms with Gasteiger partial charge in [-0.1, -0.05) is 39.0 Å². The van der Waals surface area contributed by atoms with E-state index in [0.29, 0.717) is 5.41 Å². The van der Waals surface area contributed by atoms with Crippen LogP contribution in [0.3, 0.4) is 0 Å². The average Bonchev–Trinajstić information content (AvgIpc) is 2.43. The van der Waals surface area contributed by atoms with E-state index in [1.165, 1.54) is 43.4 Å². The molecule has 21 heavy (non-hydrogen) atoms. The lowest BCUT2D eigenvalue weighted by atomic mass is 9.65. The van der Waals surface area contributed by atoms with Crippen LogP contribution >= 0.6 is 0 Å². The molecular weight excluding hydrogens is 254 g/mol. The molecule has 2 atom stereocenters. The zero-order valence-electron chi connectivity index (χ0n) is 14.6. The Kier molecular flexibility index (Phi) is 5.48. The summed E-state index contributed by atoms with van der Waals surface area (Å²) < 4.78 is 0. The first-order valence-electron chi connectivity index (χ1n) is 8.71. The first-order chi connectivity index (χ1) is 9.93. The number of hydrogen-bond donors (Lipinski definition) is 1. The van der Waals surface area contributed by atoms with Gasteiger partial charge < -0.3 is 5.32 Å². The fraction of sp³-hybridized carbons (Fsp3) is 0.700. The maximum atomic E-state index is 3.66. The average molecular weight is 287 g/mol. The molecule has 1 aromatic carbocycles. The van der Waals surface area contributed by atoms with Crippen molar-refractivity contribution in [3.8, 4) is 0 Å². The van der Waals surface area contributed by atoms with Crippen molar-refractivity contribution in [2.24, 2.45) is 11.3 Å². The summed E-state index contributed by atoms with van der Waals surface area (Å²) in [6.07, 6.45) is 5.29. The molecule has 1 aromatic rings. The highest BCUT2D eigenvalue weighted by atomic mass is 14.9. The van der Waals surface area contributed by atoms with Gasteiger partial charge in [0.15, 0.2) is 0 Å². The minimum absolute atomic E-state index is 0.491. The van der Waals surface area contributed by atoms with E-state index in [2.05, 4.69) is 58.1 Å². The summed E-state index contributed by atoms with van der Waals surface area (Å²) in [4.78, 5) is 0. The third-order valence-corrected chi connectivity index (χ3v) is 5.33. The molecule has 1 N–H and O–H groups in total. The Morgan fingerprint density at radius 3 is 2.62 bits per heavy atom. The fourth-order valence-electron chi connectivity index (χ4n) is 3.74. The van der Waals surface area contributed by atoms with Crippen LogP contribution < -0.4 is 5.32 Å². The molecule has 1 fully saturated rings. The van der Waals surface area contributed by atoms with Crippen LogP contribution in [0.25, 0.3) is 0 Å². The van der Waals surface area contributed by atoms with Crippen LogP contribution in [0, 0.1) is 25.2 Å². The summed E-state index contributed by atoms with van der Waals surface area (Å²) in [7, 11) is 0. The van der Waals surface area contributed by atoms with Crippen molar-refractivity contribution in [1.29, 1.82) is 0 Å². The maximum absolute atomic E-state index is 3.66. The van der Waals surface area contributed by atoms with Crippen LogP contribution in [0.2, 0.25) is 0 Å². The van der Waals surface area contributed by atoms with E-state index < -0.39 is 0 Å². The van der Waals surface area contributed by atoms with Crippen molar-refractivity contribution in [1.82, 2.24) is 5.32 Å². The number of hydrogen-bond acceptors (Lipinski definition) is 1. The maximum Gasteiger partial charge on any atom is -0.00147 e. The fourth-order valence-corrected chi connectivity index (χ4v) is 3.74. The quantitative estimate of drug-likeness (QED) is 0.733. The standard InChI is InChI=1S/C20H33N/c1-6-11-21-14-18-9-10-20(4,5)13-19(18)17-8-7-15(2)16(3)12-17/h7-8,12,18-19,21H,6,9-11,13-14H2,1-5H3. The Morgan fingerprint density at radius 1 is 1.19 bits per heavy atom. The Bertz CT molecular complexity index is 461. The summed E-state index contributed by atoms with van der Waals surface area (Å²) in [6.45, 7) is 13.9. The number of rotatable bonds is 5. The lowest BCUT2D eigenvalue weighted by molar-refractivity contribution is 0.160. The van der Waals surface area contributed by atoms with Crippen LogP contribution in [0.15, 0.2) is 18.2 Å². The number of benzene rings is 1. The van der Waals surface area contributed by atoms with Crippen molar-refractivity contribution in [2.75, 3.05) is 13.1 Å². The van der Waals surface area contributed by atoms with E-state index >= 15 is 0 Å². The van der Waals surface area contributed by atoms with Gasteiger partial charge in [0.05, 0.1) is 0 Å². The predicted molar refractivity (Wildman–Crippen MR) is 92.9 cm³/mol. The molecule has 0 bridgehead atoms. The van der Waals surface area contributed by atoms with E-state index in [9.17, 15) is 0 Å². The van der Waals surface area contributed by atoms with Crippen LogP contribution in [0.5, 0.6) is 0 Å². The van der Waals surface area contributed by atoms with Crippen LogP contribution in [0.4, 0.5) is 0 Å². The van der Waals surface area contributed by atoms with Crippen molar-refractivity contribution in [2.45, 2.75) is 66.2 Å². The van der Waals surface area contributed by atoms with Crippen molar-refractivity contribution in [3.63, 3.8) is 0 Å². The van der Waals surface area contributed by atoms with Gasteiger partial charge in [-0.05, 0) is 86.6 Å². The summed E-state index contributed by atoms with van der Waals surface area (Å²) in [5.74, 6) is 1.52. The second-order valence-electron chi connectivity index (χ2n) is 7.82. The van der Waals surface area contributed by atoms with E-state index in [4.69, 9.17) is 0 Å². The van der Waals surface area contributed by atoms with E-state index in [1.807, 2.05) is 0 Å². The molecular formula is C20H33N. The second kappa shape index (κ2) is 6.96. The smallest absolute Gasteiger partial charge is 0.00147 e. The largest absolute Gasteiger partial charge is 0.316 e. The van der Waals surface area contributed by atoms with Crippen molar-refractivity contribution < 1.29 is 0 Å². The van der Waals surface area contributed by atoms with Crippen LogP contribution in [-0.4, -0.2) is 13.1 Å². The summed E-state index contributed by atoms with van der Waals surface area (Å²) in [5, 5.41) is 3.66. The molecule has 1 saturated carbocycles. The molecule has 0 aromatic heterocycles. The lowest BCUT2D eigenvalue weighted by Gasteiger charge is -2.41. The number of nitrogens with one attached hydrogen (secondary N) is 1. The first kappa shape index (κ1) is 16.5. The van der Waals surface area contributed by atoms with E-state index in [-0.39, 0.29) is 0 Å². The molecule has 0 saturated heterocycles. The molecule has 1 aliphatic carbocycles. The van der Waals surface area contributed by atoms with Gasteiger partial charge in [0.25, 0.3) is 0 Å². The highest BCUT2D eigenvalue weighted by molar-refractivity contribution is 5.32. The Labute approximate surface area is 131 Å². The minimum Gasteiger partial charge on any atom is -0.316 e. The third kappa shape index (κ3) is 4.32. The van der Waals surface area contributed by atoms with Crippen molar-refractivity contribution >= 4 is 0 Å². The van der Waals surface area contributed by atoms with Gasteiger partial charge >= 0.3 is 0 Å². The van der Waals surface area contributed by atoms with Gasteiger partial charge in [-0.25, -0.2) is 0 Å². The monoisotopic (exact) mass is 287 g/mol. The van der Waals surface area contributed by atoms with Gasteiger partial charge in [-0.3, -0.25) is 0 Å². The van der Waals surface area contributed by atoms with Gasteiger partial charge in [0, 0.05) is 0 Å². The molecule has 1 aliphatic rings. The molecule has 0 amide bonds. The zero-order valence-corrected chi connectivity index (χ0v) is 14.6. The van der Waals surface area contributed by atoms with Gasteiger partial charge in [0.2, 0.25) is 0 Å². The van der Waals surface area contributed by atoms with Gasteiger partial charge in [-0.15, -0.1) is 0 Å². The molecule has 1 heteroatoms. The Hall–Kier alpha value is -0.820. The van der Waals surface area contributed by atoms with E-state index in [0.717, 1.165) is 18.4 Å². The highest BCUT2D eigenvalue weighted by Gasteiger charge is 2.35. The van der Waals surface area contributed by atoms with Gasteiger partial charge in [0.1, 0.15) is 0 Å². The Balaban J connectivity index is 2.17. The highest BCUT2D eigenvalue weighted by Crippen LogP contribution is 2.46. The van der Waals surface area contributed by atoms with Crippen molar-refractivity contribution in [3.05, 3.63) is 34.9 Å². The number of aryl methyl sites for hydroxylation is 2. The lowest BCUT2D eigenvalue weighted by Crippen LogP contribution is -2.35. The molecule has 1 nitrogen and oxygen atoms in total. The van der Waals surface area contributed by atoms with E-state index in [1.54, 1.807) is 5.56 Å². The molecule has 118 valence electrons. The van der Waals surface area contributed by atoms with Gasteiger partial charge in [-0.2, -0.15) is 0 Å². The summed E-state index contributed by atoms with van der Waals surface area (Å²) >= 11 is 0.